The van der Waals surface area contributed by atoms with E-state index in [9.17, 15) is 0 Å². The predicted octanol–water partition coefficient (Wildman–Crippen LogP) is 3.73. The monoisotopic (exact) mass is 217 g/mol. The highest BCUT2D eigenvalue weighted by Crippen LogP contribution is 2.03. The molecule has 1 rings (SSSR count). The van der Waals surface area contributed by atoms with E-state index in [2.05, 4.69) is 55.6 Å². The molecule has 1 unspecified atom stereocenters. The summed E-state index contributed by atoms with van der Waals surface area (Å²) in [4.78, 5) is 0. The van der Waals surface area contributed by atoms with Crippen LogP contribution in [0.2, 0.25) is 0 Å². The third-order valence-corrected chi connectivity index (χ3v) is 2.65. The maximum Gasteiger partial charge on any atom is 0.0138 e. The molecule has 1 heteroatoms. The number of benzene rings is 1. The second kappa shape index (κ2) is 8.12. The van der Waals surface area contributed by atoms with Crippen molar-refractivity contribution in [1.29, 1.82) is 0 Å². The van der Waals surface area contributed by atoms with E-state index < -0.39 is 0 Å². The zero-order valence-electron chi connectivity index (χ0n) is 10.4. The zero-order valence-corrected chi connectivity index (χ0v) is 10.4. The molecule has 0 fully saturated rings. The summed E-state index contributed by atoms with van der Waals surface area (Å²) in [6, 6.07) is 10.4. The Morgan fingerprint density at radius 1 is 1.25 bits per heavy atom. The highest BCUT2D eigenvalue weighted by molar-refractivity contribution is 5.48. The molecule has 0 aromatic heterocycles. The van der Waals surface area contributed by atoms with Gasteiger partial charge in [-0.15, -0.1) is 0 Å². The van der Waals surface area contributed by atoms with E-state index in [0.29, 0.717) is 0 Å². The van der Waals surface area contributed by atoms with Crippen LogP contribution in [0.5, 0.6) is 0 Å². The largest absolute Gasteiger partial charge is 0.313 e. The van der Waals surface area contributed by atoms with Gasteiger partial charge in [-0.2, -0.15) is 0 Å². The molecule has 0 spiro atoms. The molecule has 1 aromatic carbocycles. The Morgan fingerprint density at radius 3 is 2.69 bits per heavy atom. The first-order valence-corrected chi connectivity index (χ1v) is 6.25. The summed E-state index contributed by atoms with van der Waals surface area (Å²) in [5, 5.41) is 3.45. The van der Waals surface area contributed by atoms with Crippen LogP contribution in [-0.2, 0) is 0 Å². The summed E-state index contributed by atoms with van der Waals surface area (Å²) >= 11 is 0. The molecule has 0 saturated heterocycles. The van der Waals surface area contributed by atoms with Crippen LogP contribution >= 0.6 is 0 Å². The summed E-state index contributed by atoms with van der Waals surface area (Å²) < 4.78 is 0. The molecular weight excluding hydrogens is 194 g/mol. The van der Waals surface area contributed by atoms with Gasteiger partial charge in [-0.25, -0.2) is 0 Å². The number of hydrogen-bond acceptors (Lipinski definition) is 1. The van der Waals surface area contributed by atoms with Crippen LogP contribution in [0.1, 0.15) is 32.3 Å². The van der Waals surface area contributed by atoms with Crippen molar-refractivity contribution in [1.82, 2.24) is 5.32 Å². The van der Waals surface area contributed by atoms with Crippen molar-refractivity contribution in [2.45, 2.75) is 26.7 Å². The van der Waals surface area contributed by atoms with Gasteiger partial charge in [-0.05, 0) is 24.4 Å². The highest BCUT2D eigenvalue weighted by atomic mass is 14.8. The Hall–Kier alpha value is -1.08. The SMILES string of the molecule is CCCC(C)CNC/C=C/c1ccccc1. The van der Waals surface area contributed by atoms with E-state index in [-0.39, 0.29) is 0 Å². The Balaban J connectivity index is 2.14. The van der Waals surface area contributed by atoms with E-state index in [0.717, 1.165) is 19.0 Å². The lowest BCUT2D eigenvalue weighted by atomic mass is 10.1. The van der Waals surface area contributed by atoms with Crippen LogP contribution in [0.25, 0.3) is 6.08 Å². The number of rotatable bonds is 7. The minimum absolute atomic E-state index is 0.787. The fraction of sp³-hybridized carbons (Fsp3) is 0.467. The molecular formula is C15H23N. The van der Waals surface area contributed by atoms with Gasteiger partial charge in [0.2, 0.25) is 0 Å². The molecule has 0 radical (unpaired) electrons. The Kier molecular flexibility index (Phi) is 6.59. The van der Waals surface area contributed by atoms with Crippen molar-refractivity contribution in [2.24, 2.45) is 5.92 Å². The first-order valence-electron chi connectivity index (χ1n) is 6.25. The van der Waals surface area contributed by atoms with Crippen molar-refractivity contribution in [3.8, 4) is 0 Å². The Bertz CT molecular complexity index is 290. The standard InChI is InChI=1S/C15H23N/c1-3-8-14(2)13-16-12-7-11-15-9-5-4-6-10-15/h4-7,9-11,14,16H,3,8,12-13H2,1-2H3/b11-7+. The number of hydrogen-bond donors (Lipinski definition) is 1. The third-order valence-electron chi connectivity index (χ3n) is 2.65. The van der Waals surface area contributed by atoms with Crippen LogP contribution in [0.15, 0.2) is 36.4 Å². The van der Waals surface area contributed by atoms with Gasteiger partial charge < -0.3 is 5.32 Å². The van der Waals surface area contributed by atoms with Gasteiger partial charge in [0.1, 0.15) is 0 Å². The van der Waals surface area contributed by atoms with E-state index in [1.54, 1.807) is 0 Å². The topological polar surface area (TPSA) is 12.0 Å². The molecule has 16 heavy (non-hydrogen) atoms. The molecule has 88 valence electrons. The van der Waals surface area contributed by atoms with E-state index in [1.165, 1.54) is 18.4 Å². The molecule has 0 saturated carbocycles. The maximum absolute atomic E-state index is 3.45. The lowest BCUT2D eigenvalue weighted by Gasteiger charge is -2.09. The second-order valence-electron chi connectivity index (χ2n) is 4.37. The van der Waals surface area contributed by atoms with Crippen LogP contribution in [0.3, 0.4) is 0 Å². The maximum atomic E-state index is 3.45. The summed E-state index contributed by atoms with van der Waals surface area (Å²) in [7, 11) is 0. The van der Waals surface area contributed by atoms with Crippen molar-refractivity contribution in [3.63, 3.8) is 0 Å². The van der Waals surface area contributed by atoms with Crippen molar-refractivity contribution >= 4 is 6.08 Å². The lowest BCUT2D eigenvalue weighted by Crippen LogP contribution is -2.20. The van der Waals surface area contributed by atoms with Gasteiger partial charge in [0, 0.05) is 6.54 Å². The van der Waals surface area contributed by atoms with Crippen molar-refractivity contribution < 1.29 is 0 Å². The molecule has 0 aliphatic carbocycles. The zero-order chi connectivity index (χ0) is 11.6. The van der Waals surface area contributed by atoms with Gasteiger partial charge in [0.15, 0.2) is 0 Å². The van der Waals surface area contributed by atoms with Crippen LogP contribution in [-0.4, -0.2) is 13.1 Å². The lowest BCUT2D eigenvalue weighted by molar-refractivity contribution is 0.489. The molecule has 1 atom stereocenters. The molecule has 0 heterocycles. The van der Waals surface area contributed by atoms with Gasteiger partial charge in [-0.3, -0.25) is 0 Å². The highest BCUT2D eigenvalue weighted by Gasteiger charge is 1.97. The molecule has 0 aliphatic rings. The first-order chi connectivity index (χ1) is 7.83. The fourth-order valence-corrected chi connectivity index (χ4v) is 1.77. The first kappa shape index (κ1) is 13.0. The van der Waals surface area contributed by atoms with Gasteiger partial charge >= 0.3 is 0 Å². The predicted molar refractivity (Wildman–Crippen MR) is 72.4 cm³/mol. The summed E-state index contributed by atoms with van der Waals surface area (Å²) in [5.41, 5.74) is 1.27. The summed E-state index contributed by atoms with van der Waals surface area (Å²) in [6.45, 7) is 6.62. The van der Waals surface area contributed by atoms with Gasteiger partial charge in [0.25, 0.3) is 0 Å². The van der Waals surface area contributed by atoms with Crippen LogP contribution in [0, 0.1) is 5.92 Å². The van der Waals surface area contributed by atoms with Crippen molar-refractivity contribution in [3.05, 3.63) is 42.0 Å². The fourth-order valence-electron chi connectivity index (χ4n) is 1.77. The minimum Gasteiger partial charge on any atom is -0.313 e. The normalized spacial score (nSPS) is 13.1. The molecule has 1 nitrogen and oxygen atoms in total. The summed E-state index contributed by atoms with van der Waals surface area (Å²) in [5.74, 6) is 0.787. The molecule has 1 aromatic rings. The smallest absolute Gasteiger partial charge is 0.0138 e. The van der Waals surface area contributed by atoms with Crippen molar-refractivity contribution in [2.75, 3.05) is 13.1 Å². The van der Waals surface area contributed by atoms with E-state index in [1.807, 2.05) is 6.07 Å². The van der Waals surface area contributed by atoms with Gasteiger partial charge in [-0.1, -0.05) is 62.8 Å². The molecule has 0 bridgehead atoms. The average molecular weight is 217 g/mol. The van der Waals surface area contributed by atoms with Gasteiger partial charge in [0.05, 0.1) is 0 Å². The van der Waals surface area contributed by atoms with E-state index in [4.69, 9.17) is 0 Å². The minimum atomic E-state index is 0.787. The molecule has 0 amide bonds. The van der Waals surface area contributed by atoms with Crippen LogP contribution < -0.4 is 5.32 Å². The summed E-state index contributed by atoms with van der Waals surface area (Å²) in [6.07, 6.45) is 6.95. The average Bonchev–Trinajstić information content (AvgIpc) is 2.30. The Labute approximate surface area is 99.6 Å². The van der Waals surface area contributed by atoms with Crippen LogP contribution in [0.4, 0.5) is 0 Å². The number of nitrogens with one attached hydrogen (secondary N) is 1. The van der Waals surface area contributed by atoms with E-state index >= 15 is 0 Å². The Morgan fingerprint density at radius 2 is 2.00 bits per heavy atom. The molecule has 1 N–H and O–H groups in total. The second-order valence-corrected chi connectivity index (χ2v) is 4.37. The quantitative estimate of drug-likeness (QED) is 0.686. The third kappa shape index (κ3) is 5.72. The molecule has 0 aliphatic heterocycles.